The van der Waals surface area contributed by atoms with Crippen molar-refractivity contribution in [1.29, 1.82) is 0 Å². The molecule has 2 N–H and O–H groups in total. The second kappa shape index (κ2) is 6.81. The van der Waals surface area contributed by atoms with Crippen LogP contribution >= 0.6 is 0 Å². The highest BCUT2D eigenvalue weighted by atomic mass is 16.5. The summed E-state index contributed by atoms with van der Waals surface area (Å²) in [5.41, 5.74) is 0. The molecule has 0 saturated heterocycles. The van der Waals surface area contributed by atoms with E-state index < -0.39 is 0 Å². The van der Waals surface area contributed by atoms with Crippen LogP contribution in [0.15, 0.2) is 9.52 Å². The summed E-state index contributed by atoms with van der Waals surface area (Å²) >= 11 is 0. The SMILES string of the molecule is CCCNC(=NCc1nc(C)no1)NCC. The summed E-state index contributed by atoms with van der Waals surface area (Å²) in [5.74, 6) is 1.95. The molecule has 0 aliphatic heterocycles. The Bertz CT molecular complexity index is 334. The minimum Gasteiger partial charge on any atom is -0.357 e. The third kappa shape index (κ3) is 4.29. The second-order valence-electron chi connectivity index (χ2n) is 3.36. The Kier molecular flexibility index (Phi) is 5.31. The summed E-state index contributed by atoms with van der Waals surface area (Å²) in [6.07, 6.45) is 1.06. The van der Waals surface area contributed by atoms with Gasteiger partial charge in [0.25, 0.3) is 0 Å². The lowest BCUT2D eigenvalue weighted by Gasteiger charge is -2.09. The van der Waals surface area contributed by atoms with Gasteiger partial charge in [0.15, 0.2) is 11.8 Å². The lowest BCUT2D eigenvalue weighted by atomic mass is 10.5. The van der Waals surface area contributed by atoms with Gasteiger partial charge in [-0.05, 0) is 20.3 Å². The molecule has 6 heteroatoms. The Morgan fingerprint density at radius 2 is 2.19 bits per heavy atom. The van der Waals surface area contributed by atoms with Crippen LogP contribution < -0.4 is 10.6 Å². The molecule has 1 aromatic heterocycles. The van der Waals surface area contributed by atoms with Crippen LogP contribution in [0.4, 0.5) is 0 Å². The van der Waals surface area contributed by atoms with Crippen LogP contribution in [-0.4, -0.2) is 29.2 Å². The fraction of sp³-hybridized carbons (Fsp3) is 0.700. The Morgan fingerprint density at radius 3 is 2.75 bits per heavy atom. The number of aliphatic imine (C=N–C) groups is 1. The molecule has 16 heavy (non-hydrogen) atoms. The third-order valence-electron chi connectivity index (χ3n) is 1.83. The van der Waals surface area contributed by atoms with E-state index >= 15 is 0 Å². The highest BCUT2D eigenvalue weighted by molar-refractivity contribution is 5.79. The number of nitrogens with one attached hydrogen (secondary N) is 2. The van der Waals surface area contributed by atoms with Crippen molar-refractivity contribution in [2.75, 3.05) is 13.1 Å². The van der Waals surface area contributed by atoms with Gasteiger partial charge in [-0.1, -0.05) is 12.1 Å². The number of rotatable bonds is 5. The first kappa shape index (κ1) is 12.5. The Hall–Kier alpha value is -1.59. The van der Waals surface area contributed by atoms with Gasteiger partial charge in [0.05, 0.1) is 0 Å². The molecule has 0 aromatic carbocycles. The Morgan fingerprint density at radius 1 is 1.38 bits per heavy atom. The first-order valence-corrected chi connectivity index (χ1v) is 5.57. The lowest BCUT2D eigenvalue weighted by molar-refractivity contribution is 0.376. The zero-order valence-corrected chi connectivity index (χ0v) is 10.1. The van der Waals surface area contributed by atoms with Crippen LogP contribution in [0.3, 0.4) is 0 Å². The molecule has 1 heterocycles. The highest BCUT2D eigenvalue weighted by Gasteiger charge is 2.02. The summed E-state index contributed by atoms with van der Waals surface area (Å²) in [6.45, 7) is 8.06. The van der Waals surface area contributed by atoms with E-state index in [1.165, 1.54) is 0 Å². The molecule has 0 bridgehead atoms. The van der Waals surface area contributed by atoms with E-state index in [-0.39, 0.29) is 0 Å². The molecule has 0 amide bonds. The smallest absolute Gasteiger partial charge is 0.248 e. The number of guanidine groups is 1. The first-order valence-electron chi connectivity index (χ1n) is 5.57. The van der Waals surface area contributed by atoms with Gasteiger partial charge >= 0.3 is 0 Å². The van der Waals surface area contributed by atoms with Gasteiger partial charge in [-0.3, -0.25) is 0 Å². The van der Waals surface area contributed by atoms with Crippen molar-refractivity contribution >= 4 is 5.96 Å². The molecular formula is C10H19N5O. The fourth-order valence-electron chi connectivity index (χ4n) is 1.14. The molecule has 0 unspecified atom stereocenters. The summed E-state index contributed by atoms with van der Waals surface area (Å²) < 4.78 is 4.97. The monoisotopic (exact) mass is 225 g/mol. The summed E-state index contributed by atoms with van der Waals surface area (Å²) in [7, 11) is 0. The molecule has 0 fully saturated rings. The third-order valence-corrected chi connectivity index (χ3v) is 1.83. The van der Waals surface area contributed by atoms with Crippen molar-refractivity contribution in [3.63, 3.8) is 0 Å². The van der Waals surface area contributed by atoms with Gasteiger partial charge in [-0.15, -0.1) is 0 Å². The number of hydrogen-bond donors (Lipinski definition) is 2. The van der Waals surface area contributed by atoms with Crippen LogP contribution in [-0.2, 0) is 6.54 Å². The summed E-state index contributed by atoms with van der Waals surface area (Å²) in [5, 5.41) is 10.0. The van der Waals surface area contributed by atoms with Crippen molar-refractivity contribution in [3.8, 4) is 0 Å². The fourth-order valence-corrected chi connectivity index (χ4v) is 1.14. The molecule has 1 rings (SSSR count). The zero-order chi connectivity index (χ0) is 11.8. The van der Waals surface area contributed by atoms with Crippen LogP contribution in [0, 0.1) is 6.92 Å². The highest BCUT2D eigenvalue weighted by Crippen LogP contribution is 1.97. The maximum atomic E-state index is 4.97. The molecule has 6 nitrogen and oxygen atoms in total. The minimum absolute atomic E-state index is 0.403. The molecule has 90 valence electrons. The molecule has 0 saturated carbocycles. The van der Waals surface area contributed by atoms with Gasteiger partial charge in [0.2, 0.25) is 5.89 Å². The van der Waals surface area contributed by atoms with Gasteiger partial charge in [0.1, 0.15) is 6.54 Å². The second-order valence-corrected chi connectivity index (χ2v) is 3.36. The molecule has 0 aliphatic carbocycles. The number of hydrogen-bond acceptors (Lipinski definition) is 4. The van der Waals surface area contributed by atoms with E-state index in [1.54, 1.807) is 6.92 Å². The van der Waals surface area contributed by atoms with E-state index in [0.717, 1.165) is 25.5 Å². The average Bonchev–Trinajstić information content (AvgIpc) is 2.68. The summed E-state index contributed by atoms with van der Waals surface area (Å²) in [4.78, 5) is 8.42. The van der Waals surface area contributed by atoms with Crippen LogP contribution in [0.2, 0.25) is 0 Å². The zero-order valence-electron chi connectivity index (χ0n) is 10.1. The molecule has 0 atom stereocenters. The van der Waals surface area contributed by atoms with Gasteiger partial charge in [-0.25, -0.2) is 4.99 Å². The normalized spacial score (nSPS) is 11.6. The van der Waals surface area contributed by atoms with E-state index in [4.69, 9.17) is 4.52 Å². The minimum atomic E-state index is 0.403. The lowest BCUT2D eigenvalue weighted by Crippen LogP contribution is -2.37. The van der Waals surface area contributed by atoms with Crippen molar-refractivity contribution < 1.29 is 4.52 Å². The van der Waals surface area contributed by atoms with E-state index in [9.17, 15) is 0 Å². The van der Waals surface area contributed by atoms with E-state index in [1.807, 2.05) is 6.92 Å². The molecule has 0 aliphatic rings. The number of aromatic nitrogens is 2. The topological polar surface area (TPSA) is 75.3 Å². The maximum Gasteiger partial charge on any atom is 0.248 e. The summed E-state index contributed by atoms with van der Waals surface area (Å²) in [6, 6.07) is 0. The van der Waals surface area contributed by atoms with Gasteiger partial charge in [0, 0.05) is 13.1 Å². The maximum absolute atomic E-state index is 4.97. The van der Waals surface area contributed by atoms with Crippen LogP contribution in [0.25, 0.3) is 0 Å². The Balaban J connectivity index is 2.49. The first-order chi connectivity index (χ1) is 7.76. The van der Waals surface area contributed by atoms with Gasteiger partial charge < -0.3 is 15.2 Å². The van der Waals surface area contributed by atoms with E-state index in [0.29, 0.717) is 18.3 Å². The van der Waals surface area contributed by atoms with E-state index in [2.05, 4.69) is 32.7 Å². The van der Waals surface area contributed by atoms with Crippen LogP contribution in [0.5, 0.6) is 0 Å². The molecule has 0 radical (unpaired) electrons. The quantitative estimate of drug-likeness (QED) is 0.574. The van der Waals surface area contributed by atoms with Crippen LogP contribution in [0.1, 0.15) is 32.0 Å². The predicted octanol–water partition coefficient (Wildman–Crippen LogP) is 0.843. The standard InChI is InChI=1S/C10H19N5O/c1-4-6-12-10(11-5-2)13-7-9-14-8(3)15-16-9/h4-7H2,1-3H3,(H2,11,12,13). The van der Waals surface area contributed by atoms with Crippen molar-refractivity contribution in [3.05, 3.63) is 11.7 Å². The van der Waals surface area contributed by atoms with Gasteiger partial charge in [-0.2, -0.15) is 4.98 Å². The number of aryl methyl sites for hydroxylation is 1. The largest absolute Gasteiger partial charge is 0.357 e. The predicted molar refractivity (Wildman–Crippen MR) is 62.1 cm³/mol. The molecule has 1 aromatic rings. The van der Waals surface area contributed by atoms with Crippen molar-refractivity contribution in [2.24, 2.45) is 4.99 Å². The average molecular weight is 225 g/mol. The van der Waals surface area contributed by atoms with Crippen molar-refractivity contribution in [1.82, 2.24) is 20.8 Å². The number of nitrogens with zero attached hydrogens (tertiary/aromatic N) is 3. The molecular weight excluding hydrogens is 206 g/mol. The molecule has 0 spiro atoms. The van der Waals surface area contributed by atoms with Crippen molar-refractivity contribution in [2.45, 2.75) is 33.7 Å². The Labute approximate surface area is 95.5 Å².